The van der Waals surface area contributed by atoms with Crippen molar-refractivity contribution in [3.8, 4) is 0 Å². The van der Waals surface area contributed by atoms with E-state index in [9.17, 15) is 13.6 Å². The Bertz CT molecular complexity index is 622. The molecule has 5 nitrogen and oxygen atoms in total. The lowest BCUT2D eigenvalue weighted by molar-refractivity contribution is -0.0350. The summed E-state index contributed by atoms with van der Waals surface area (Å²) in [6, 6.07) is -2.14. The van der Waals surface area contributed by atoms with E-state index in [0.29, 0.717) is 16.1 Å². The molecule has 2 heterocycles. The summed E-state index contributed by atoms with van der Waals surface area (Å²) >= 11 is 0. The molecule has 18 heavy (non-hydrogen) atoms. The summed E-state index contributed by atoms with van der Waals surface area (Å²) in [5.41, 5.74) is 0.0157. The van der Waals surface area contributed by atoms with E-state index in [1.807, 2.05) is 0 Å². The topological polar surface area (TPSA) is 57.0 Å². The van der Waals surface area contributed by atoms with Gasteiger partial charge in [0, 0.05) is 17.7 Å². The van der Waals surface area contributed by atoms with E-state index in [0.717, 1.165) is 0 Å². The highest BCUT2D eigenvalue weighted by Crippen LogP contribution is 2.26. The van der Waals surface area contributed by atoms with Gasteiger partial charge >= 0.3 is 12.0 Å². The van der Waals surface area contributed by atoms with Crippen molar-refractivity contribution in [2.45, 2.75) is 6.05 Å². The Hall–Kier alpha value is -2.31. The van der Waals surface area contributed by atoms with Crippen molar-refractivity contribution >= 4 is 16.9 Å². The number of hydrogen-bond acceptors (Lipinski definition) is 4. The van der Waals surface area contributed by atoms with Crippen LogP contribution in [-0.4, -0.2) is 27.8 Å². The van der Waals surface area contributed by atoms with Crippen molar-refractivity contribution in [3.63, 3.8) is 0 Å². The molecule has 94 valence electrons. The number of aromatic nitrogens is 3. The average molecular weight is 253 g/mol. The van der Waals surface area contributed by atoms with Crippen LogP contribution in [0, 0.1) is 0 Å². The summed E-state index contributed by atoms with van der Waals surface area (Å²) in [5, 5.41) is 3.96. The minimum absolute atomic E-state index is 0.0633. The van der Waals surface area contributed by atoms with Crippen LogP contribution in [-0.2, 0) is 10.8 Å². The van der Waals surface area contributed by atoms with Gasteiger partial charge in [-0.2, -0.15) is 18.6 Å². The molecule has 0 saturated heterocycles. The first-order valence-corrected chi connectivity index (χ1v) is 4.93. The van der Waals surface area contributed by atoms with Crippen LogP contribution in [0.3, 0.4) is 0 Å². The molecule has 2 rings (SSSR count). The van der Waals surface area contributed by atoms with Gasteiger partial charge in [-0.15, -0.1) is 0 Å². The van der Waals surface area contributed by atoms with Crippen molar-refractivity contribution in [2.75, 3.05) is 7.11 Å². The first-order valence-electron chi connectivity index (χ1n) is 4.93. The molecule has 0 aliphatic rings. The highest BCUT2D eigenvalue weighted by molar-refractivity contribution is 5.91. The summed E-state index contributed by atoms with van der Waals surface area (Å²) in [6.45, 7) is 3.05. The minimum atomic E-state index is -3.34. The zero-order valence-corrected chi connectivity index (χ0v) is 9.43. The van der Waals surface area contributed by atoms with Gasteiger partial charge in [0.2, 0.25) is 0 Å². The molecular formula is C11H9F2N3O2. The number of rotatable bonds is 3. The molecule has 2 aromatic rings. The monoisotopic (exact) mass is 253 g/mol. The molecule has 0 aliphatic heterocycles. The van der Waals surface area contributed by atoms with Crippen molar-refractivity contribution in [1.82, 2.24) is 14.8 Å². The van der Waals surface area contributed by atoms with E-state index < -0.39 is 12.0 Å². The summed E-state index contributed by atoms with van der Waals surface area (Å²) in [6.07, 6.45) is 2.99. The second kappa shape index (κ2) is 4.17. The summed E-state index contributed by atoms with van der Waals surface area (Å²) < 4.78 is 32.0. The van der Waals surface area contributed by atoms with Gasteiger partial charge in [-0.25, -0.2) is 9.78 Å². The summed E-state index contributed by atoms with van der Waals surface area (Å²) in [5.74, 6) is -0.702. The van der Waals surface area contributed by atoms with E-state index in [2.05, 4.69) is 21.4 Å². The van der Waals surface area contributed by atoms with Crippen molar-refractivity contribution in [3.05, 3.63) is 36.8 Å². The lowest BCUT2D eigenvalue weighted by atomic mass is 10.3. The Labute approximate surface area is 101 Å². The summed E-state index contributed by atoms with van der Waals surface area (Å²) in [7, 11) is 1.18. The standard InChI is InChI=1S/C11H9F2N3O2/c1-3-11(12,13)16-9-4-8(10(17)18-2)14-5-7(9)6-15-16/h3-6H,1H2,2H3. The largest absolute Gasteiger partial charge is 0.464 e. The van der Waals surface area contributed by atoms with E-state index in [4.69, 9.17) is 0 Å². The number of carbonyl (C=O) groups excluding carboxylic acids is 1. The molecule has 2 aromatic heterocycles. The number of halogens is 2. The number of allylic oxidation sites excluding steroid dienone is 1. The van der Waals surface area contributed by atoms with Gasteiger partial charge in [0.15, 0.2) is 5.69 Å². The number of alkyl halides is 2. The molecule has 0 amide bonds. The molecule has 0 aromatic carbocycles. The molecule has 0 fully saturated rings. The van der Waals surface area contributed by atoms with Crippen LogP contribution < -0.4 is 0 Å². The molecule has 7 heteroatoms. The Morgan fingerprint density at radius 2 is 2.28 bits per heavy atom. The van der Waals surface area contributed by atoms with Gasteiger partial charge in [0.25, 0.3) is 0 Å². The van der Waals surface area contributed by atoms with Gasteiger partial charge in [0.1, 0.15) is 0 Å². The molecule has 0 N–H and O–H groups in total. The molecule has 0 saturated carbocycles. The van der Waals surface area contributed by atoms with Crippen LogP contribution in [0.1, 0.15) is 10.5 Å². The maximum absolute atomic E-state index is 13.5. The Balaban J connectivity index is 2.64. The predicted molar refractivity (Wildman–Crippen MR) is 59.3 cm³/mol. The third kappa shape index (κ3) is 1.83. The lowest BCUT2D eigenvalue weighted by Crippen LogP contribution is -2.21. The van der Waals surface area contributed by atoms with Crippen molar-refractivity contribution < 1.29 is 18.3 Å². The normalized spacial score (nSPS) is 11.5. The second-order valence-corrected chi connectivity index (χ2v) is 3.47. The number of ether oxygens (including phenoxy) is 1. The number of esters is 1. The maximum atomic E-state index is 13.5. The maximum Gasteiger partial charge on any atom is 0.364 e. The zero-order valence-electron chi connectivity index (χ0n) is 9.43. The van der Waals surface area contributed by atoms with E-state index in [1.165, 1.54) is 25.6 Å². The summed E-state index contributed by atoms with van der Waals surface area (Å²) in [4.78, 5) is 15.1. The minimum Gasteiger partial charge on any atom is -0.464 e. The van der Waals surface area contributed by atoms with Gasteiger partial charge in [-0.05, 0) is 6.07 Å². The molecule has 0 unspecified atom stereocenters. The van der Waals surface area contributed by atoms with Crippen LogP contribution >= 0.6 is 0 Å². The highest BCUT2D eigenvalue weighted by Gasteiger charge is 2.29. The number of fused-ring (bicyclic) bond motifs is 1. The highest BCUT2D eigenvalue weighted by atomic mass is 19.3. The number of carbonyl (C=O) groups is 1. The fourth-order valence-corrected chi connectivity index (χ4v) is 1.46. The molecule has 0 bridgehead atoms. The first-order chi connectivity index (χ1) is 8.49. The van der Waals surface area contributed by atoms with Crippen LogP contribution in [0.15, 0.2) is 31.1 Å². The first kappa shape index (κ1) is 12.2. The Morgan fingerprint density at radius 1 is 1.56 bits per heavy atom. The smallest absolute Gasteiger partial charge is 0.364 e. The van der Waals surface area contributed by atoms with Crippen LogP contribution in [0.5, 0.6) is 0 Å². The SMILES string of the molecule is C=CC(F)(F)n1ncc2cnc(C(=O)OC)cc21. The van der Waals surface area contributed by atoms with Gasteiger partial charge in [-0.3, -0.25) is 0 Å². The van der Waals surface area contributed by atoms with Crippen molar-refractivity contribution in [2.24, 2.45) is 0 Å². The molecule has 0 atom stereocenters. The number of nitrogens with zero attached hydrogens (tertiary/aromatic N) is 3. The predicted octanol–water partition coefficient (Wildman–Crippen LogP) is 1.95. The van der Waals surface area contributed by atoms with Crippen molar-refractivity contribution in [1.29, 1.82) is 0 Å². The fourth-order valence-electron chi connectivity index (χ4n) is 1.46. The van der Waals surface area contributed by atoms with E-state index >= 15 is 0 Å². The number of pyridine rings is 1. The zero-order chi connectivity index (χ0) is 13.3. The number of methoxy groups -OCH3 is 1. The molecular weight excluding hydrogens is 244 g/mol. The van der Waals surface area contributed by atoms with E-state index in [1.54, 1.807) is 0 Å². The number of hydrogen-bond donors (Lipinski definition) is 0. The van der Waals surface area contributed by atoms with Crippen LogP contribution in [0.2, 0.25) is 0 Å². The van der Waals surface area contributed by atoms with Gasteiger partial charge in [-0.1, -0.05) is 6.58 Å². The molecule has 0 spiro atoms. The Morgan fingerprint density at radius 3 is 2.89 bits per heavy atom. The quantitative estimate of drug-likeness (QED) is 0.619. The molecule has 0 radical (unpaired) electrons. The second-order valence-electron chi connectivity index (χ2n) is 3.47. The van der Waals surface area contributed by atoms with Crippen LogP contribution in [0.4, 0.5) is 8.78 Å². The lowest BCUT2D eigenvalue weighted by Gasteiger charge is -2.12. The third-order valence-corrected chi connectivity index (χ3v) is 2.37. The molecule has 0 aliphatic carbocycles. The fraction of sp³-hybridized carbons (Fsp3) is 0.182. The van der Waals surface area contributed by atoms with E-state index in [-0.39, 0.29) is 11.2 Å². The third-order valence-electron chi connectivity index (χ3n) is 2.37. The Kier molecular flexibility index (Phi) is 2.82. The van der Waals surface area contributed by atoms with Gasteiger partial charge in [0.05, 0.1) is 18.8 Å². The average Bonchev–Trinajstić information content (AvgIpc) is 2.81. The van der Waals surface area contributed by atoms with Gasteiger partial charge < -0.3 is 4.74 Å². The van der Waals surface area contributed by atoms with Crippen LogP contribution in [0.25, 0.3) is 10.9 Å².